The van der Waals surface area contributed by atoms with Gasteiger partial charge in [-0.1, -0.05) is 32.6 Å². The second-order valence-electron chi connectivity index (χ2n) is 6.93. The summed E-state index contributed by atoms with van der Waals surface area (Å²) in [5.41, 5.74) is 0. The first kappa shape index (κ1) is 15.2. The van der Waals surface area contributed by atoms with Crippen LogP contribution in [0.1, 0.15) is 71.6 Å². The van der Waals surface area contributed by atoms with Gasteiger partial charge in [0.1, 0.15) is 0 Å². The van der Waals surface area contributed by atoms with E-state index in [1.165, 1.54) is 32.1 Å². The van der Waals surface area contributed by atoms with E-state index in [4.69, 9.17) is 4.74 Å². The van der Waals surface area contributed by atoms with Crippen molar-refractivity contribution in [3.05, 3.63) is 0 Å². The van der Waals surface area contributed by atoms with Crippen LogP contribution in [0.25, 0.3) is 0 Å². The maximum atomic E-state index is 12.8. The zero-order chi connectivity index (χ0) is 13.9. The van der Waals surface area contributed by atoms with Crippen molar-refractivity contribution in [3.63, 3.8) is 0 Å². The summed E-state index contributed by atoms with van der Waals surface area (Å²) in [4.78, 5) is 0. The summed E-state index contributed by atoms with van der Waals surface area (Å²) in [5.74, 6) is 2.56. The second-order valence-corrected chi connectivity index (χ2v) is 6.93. The van der Waals surface area contributed by atoms with Crippen LogP contribution in [0.15, 0.2) is 0 Å². The molecular weight excluding hydrogens is 246 g/mol. The summed E-state index contributed by atoms with van der Waals surface area (Å²) < 4.78 is 30.4. The summed E-state index contributed by atoms with van der Waals surface area (Å²) in [7, 11) is 0. The highest BCUT2D eigenvalue weighted by Crippen LogP contribution is 2.38. The third kappa shape index (κ3) is 5.37. The van der Waals surface area contributed by atoms with Gasteiger partial charge in [0, 0.05) is 6.92 Å². The Bertz CT molecular complexity index is 258. The highest BCUT2D eigenvalue weighted by Gasteiger charge is 2.31. The van der Waals surface area contributed by atoms with Gasteiger partial charge in [0.2, 0.25) is 0 Å². The Balaban J connectivity index is 1.66. The van der Waals surface area contributed by atoms with E-state index in [0.29, 0.717) is 0 Å². The normalized spacial score (nSPS) is 37.3. The van der Waals surface area contributed by atoms with Crippen molar-refractivity contribution in [2.75, 3.05) is 0 Å². The van der Waals surface area contributed by atoms with Crippen molar-refractivity contribution in [2.24, 2.45) is 17.8 Å². The van der Waals surface area contributed by atoms with Gasteiger partial charge in [0.15, 0.2) is 0 Å². The number of alkyl halides is 2. The molecule has 0 atom stereocenters. The lowest BCUT2D eigenvalue weighted by Gasteiger charge is -2.34. The Morgan fingerprint density at radius 3 is 1.84 bits per heavy atom. The van der Waals surface area contributed by atoms with Gasteiger partial charge in [-0.3, -0.25) is 0 Å². The van der Waals surface area contributed by atoms with E-state index >= 15 is 0 Å². The Labute approximate surface area is 116 Å². The molecule has 0 saturated heterocycles. The summed E-state index contributed by atoms with van der Waals surface area (Å²) in [6.45, 7) is 3.20. The molecule has 3 heteroatoms. The van der Waals surface area contributed by atoms with Crippen molar-refractivity contribution in [3.8, 4) is 0 Å². The molecule has 2 saturated carbocycles. The topological polar surface area (TPSA) is 9.23 Å². The molecule has 0 aromatic heterocycles. The van der Waals surface area contributed by atoms with E-state index in [9.17, 15) is 8.78 Å². The number of rotatable bonds is 4. The molecule has 0 spiro atoms. The fourth-order valence-electron chi connectivity index (χ4n) is 3.81. The molecule has 2 fully saturated rings. The zero-order valence-corrected chi connectivity index (χ0v) is 12.3. The zero-order valence-electron chi connectivity index (χ0n) is 12.3. The standard InChI is InChI=1S/C16H28F2O/c1-12-3-5-13(6-4-12)11-14-7-9-15(10-8-14)19-16(2,17)18/h12-15H,3-11H2,1-2H3. The smallest absolute Gasteiger partial charge is 0.317 e. The minimum atomic E-state index is -2.96. The highest BCUT2D eigenvalue weighted by molar-refractivity contribution is 4.78. The van der Waals surface area contributed by atoms with Gasteiger partial charge in [-0.25, -0.2) is 0 Å². The Hall–Kier alpha value is -0.180. The highest BCUT2D eigenvalue weighted by atomic mass is 19.3. The van der Waals surface area contributed by atoms with Crippen LogP contribution >= 0.6 is 0 Å². The van der Waals surface area contributed by atoms with Crippen LogP contribution in [0.4, 0.5) is 8.78 Å². The molecule has 0 bridgehead atoms. The molecule has 0 aliphatic heterocycles. The third-order valence-corrected chi connectivity index (χ3v) is 4.97. The summed E-state index contributed by atoms with van der Waals surface area (Å²) in [6, 6.07) is 0. The SMILES string of the molecule is CC1CCC(CC2CCC(OC(C)(F)F)CC2)CC1. The first-order valence-electron chi connectivity index (χ1n) is 7.98. The van der Waals surface area contributed by atoms with Crippen LogP contribution < -0.4 is 0 Å². The number of ether oxygens (including phenoxy) is 1. The first-order chi connectivity index (χ1) is 8.92. The maximum Gasteiger partial charge on any atom is 0.353 e. The van der Waals surface area contributed by atoms with E-state index in [-0.39, 0.29) is 6.10 Å². The molecule has 0 amide bonds. The molecule has 0 unspecified atom stereocenters. The van der Waals surface area contributed by atoms with E-state index in [1.54, 1.807) is 0 Å². The third-order valence-electron chi connectivity index (χ3n) is 4.97. The average Bonchev–Trinajstić information content (AvgIpc) is 2.33. The predicted molar refractivity (Wildman–Crippen MR) is 73.2 cm³/mol. The Morgan fingerprint density at radius 1 is 0.895 bits per heavy atom. The van der Waals surface area contributed by atoms with Crippen LogP contribution in [0, 0.1) is 17.8 Å². The van der Waals surface area contributed by atoms with Crippen molar-refractivity contribution in [1.82, 2.24) is 0 Å². The molecule has 0 aromatic rings. The van der Waals surface area contributed by atoms with Gasteiger partial charge in [0.25, 0.3) is 0 Å². The number of hydrogen-bond acceptors (Lipinski definition) is 1. The molecule has 2 aliphatic carbocycles. The first-order valence-corrected chi connectivity index (χ1v) is 7.98. The Morgan fingerprint density at radius 2 is 1.37 bits per heavy atom. The lowest BCUT2D eigenvalue weighted by Crippen LogP contribution is -2.29. The monoisotopic (exact) mass is 274 g/mol. The predicted octanol–water partition coefficient (Wildman–Crippen LogP) is 5.39. The summed E-state index contributed by atoms with van der Waals surface area (Å²) in [6.07, 6.45) is 7.45. The Kier molecular flexibility index (Phi) is 5.22. The molecule has 2 rings (SSSR count). The van der Waals surface area contributed by atoms with Crippen molar-refractivity contribution < 1.29 is 13.5 Å². The minimum absolute atomic E-state index is 0.220. The molecule has 112 valence electrons. The molecule has 1 nitrogen and oxygen atoms in total. The molecule has 19 heavy (non-hydrogen) atoms. The van der Waals surface area contributed by atoms with Gasteiger partial charge < -0.3 is 4.74 Å². The summed E-state index contributed by atoms with van der Waals surface area (Å²) in [5, 5.41) is 0. The molecule has 0 aromatic carbocycles. The molecule has 0 radical (unpaired) electrons. The lowest BCUT2D eigenvalue weighted by atomic mass is 9.75. The lowest BCUT2D eigenvalue weighted by molar-refractivity contribution is -0.255. The van der Waals surface area contributed by atoms with Crippen LogP contribution in [0.2, 0.25) is 0 Å². The van der Waals surface area contributed by atoms with Gasteiger partial charge in [-0.05, 0) is 49.9 Å². The van der Waals surface area contributed by atoms with Crippen LogP contribution in [-0.2, 0) is 4.74 Å². The van der Waals surface area contributed by atoms with Crippen LogP contribution in [-0.4, -0.2) is 12.2 Å². The molecular formula is C16H28F2O. The van der Waals surface area contributed by atoms with E-state index in [0.717, 1.165) is 50.4 Å². The van der Waals surface area contributed by atoms with Gasteiger partial charge >= 0.3 is 6.11 Å². The second kappa shape index (κ2) is 6.51. The number of halogens is 2. The van der Waals surface area contributed by atoms with Crippen molar-refractivity contribution >= 4 is 0 Å². The molecule has 2 aliphatic rings. The number of hydrogen-bond donors (Lipinski definition) is 0. The fraction of sp³-hybridized carbons (Fsp3) is 1.00. The quantitative estimate of drug-likeness (QED) is 0.667. The van der Waals surface area contributed by atoms with Crippen molar-refractivity contribution in [1.29, 1.82) is 0 Å². The van der Waals surface area contributed by atoms with E-state index in [2.05, 4.69) is 6.92 Å². The van der Waals surface area contributed by atoms with Gasteiger partial charge in [0.05, 0.1) is 6.10 Å². The van der Waals surface area contributed by atoms with Gasteiger partial charge in [-0.15, -0.1) is 0 Å². The molecule has 0 heterocycles. The largest absolute Gasteiger partial charge is 0.353 e. The summed E-state index contributed by atoms with van der Waals surface area (Å²) >= 11 is 0. The van der Waals surface area contributed by atoms with E-state index in [1.807, 2.05) is 0 Å². The minimum Gasteiger partial charge on any atom is -0.317 e. The fourth-order valence-corrected chi connectivity index (χ4v) is 3.81. The average molecular weight is 274 g/mol. The van der Waals surface area contributed by atoms with Crippen molar-refractivity contribution in [2.45, 2.75) is 83.8 Å². The van der Waals surface area contributed by atoms with Gasteiger partial charge in [-0.2, -0.15) is 8.78 Å². The molecule has 0 N–H and O–H groups in total. The maximum absolute atomic E-state index is 12.8. The van der Waals surface area contributed by atoms with Crippen LogP contribution in [0.5, 0.6) is 0 Å². The van der Waals surface area contributed by atoms with E-state index < -0.39 is 6.11 Å². The van der Waals surface area contributed by atoms with Crippen LogP contribution in [0.3, 0.4) is 0 Å².